The molecule has 1 saturated carbocycles. The monoisotopic (exact) mass is 498 g/mol. The van der Waals surface area contributed by atoms with Crippen molar-refractivity contribution in [3.63, 3.8) is 0 Å². The molecule has 6 rings (SSSR count). The fourth-order valence-corrected chi connectivity index (χ4v) is 5.94. The van der Waals surface area contributed by atoms with Gasteiger partial charge in [0.05, 0.1) is 19.1 Å². The van der Waals surface area contributed by atoms with Crippen molar-refractivity contribution in [1.29, 1.82) is 0 Å². The Morgan fingerprint density at radius 1 is 0.946 bits per heavy atom. The summed E-state index contributed by atoms with van der Waals surface area (Å²) in [5.41, 5.74) is 2.89. The van der Waals surface area contributed by atoms with E-state index in [4.69, 9.17) is 14.2 Å². The predicted molar refractivity (Wildman–Crippen MR) is 139 cm³/mol. The summed E-state index contributed by atoms with van der Waals surface area (Å²) in [6.07, 6.45) is 5.23. The summed E-state index contributed by atoms with van der Waals surface area (Å²) in [6, 6.07) is 20.3. The molecule has 3 aromatic rings. The molecule has 0 aromatic heterocycles. The van der Waals surface area contributed by atoms with E-state index in [1.807, 2.05) is 59.5 Å². The third-order valence-electron chi connectivity index (χ3n) is 7.72. The number of hydrogen-bond donors (Lipinski definition) is 1. The first-order chi connectivity index (χ1) is 18.1. The first-order valence-electron chi connectivity index (χ1n) is 12.9. The van der Waals surface area contributed by atoms with Crippen molar-refractivity contribution in [3.05, 3.63) is 83.4 Å². The standard InChI is InChI=1S/C30H30N2O5/c1-35-22-14-11-19(12-15-22)28-27(29(33)31-20-13-16-25-26(17-20)37-18-36-25)23-9-5-6-10-24(23)30(34)32(28)21-7-3-2-4-8-21/h5-6,9-17,21,27-28H,2-4,7-8,18H2,1H3,(H,31,33). The number of benzene rings is 3. The van der Waals surface area contributed by atoms with Gasteiger partial charge in [-0.25, -0.2) is 0 Å². The second-order valence-corrected chi connectivity index (χ2v) is 9.84. The van der Waals surface area contributed by atoms with Crippen LogP contribution in [0.5, 0.6) is 17.2 Å². The third kappa shape index (κ3) is 4.28. The number of carbonyl (C=O) groups excluding carboxylic acids is 2. The van der Waals surface area contributed by atoms with Crippen LogP contribution in [0.15, 0.2) is 66.7 Å². The van der Waals surface area contributed by atoms with E-state index < -0.39 is 12.0 Å². The highest BCUT2D eigenvalue weighted by Gasteiger charge is 2.46. The first-order valence-corrected chi connectivity index (χ1v) is 12.9. The zero-order valence-corrected chi connectivity index (χ0v) is 20.8. The Bertz CT molecular complexity index is 1320. The molecule has 2 amide bonds. The van der Waals surface area contributed by atoms with Gasteiger partial charge in [-0.05, 0) is 54.3 Å². The Morgan fingerprint density at radius 3 is 2.49 bits per heavy atom. The Kier molecular flexibility index (Phi) is 6.20. The van der Waals surface area contributed by atoms with Crippen LogP contribution >= 0.6 is 0 Å². The molecule has 1 aliphatic carbocycles. The van der Waals surface area contributed by atoms with Gasteiger partial charge in [0.2, 0.25) is 12.7 Å². The summed E-state index contributed by atoms with van der Waals surface area (Å²) in [5.74, 6) is 1.24. The van der Waals surface area contributed by atoms with Crippen LogP contribution in [0.25, 0.3) is 0 Å². The molecule has 2 unspecified atom stereocenters. The number of amides is 2. The Labute approximate surface area is 216 Å². The zero-order valence-electron chi connectivity index (χ0n) is 20.8. The van der Waals surface area contributed by atoms with Gasteiger partial charge in [-0.2, -0.15) is 0 Å². The van der Waals surface area contributed by atoms with E-state index in [9.17, 15) is 9.59 Å². The molecule has 1 fully saturated rings. The van der Waals surface area contributed by atoms with Crippen LogP contribution in [-0.4, -0.2) is 36.7 Å². The normalized spacial score (nSPS) is 20.9. The molecule has 3 aliphatic rings. The second-order valence-electron chi connectivity index (χ2n) is 9.84. The van der Waals surface area contributed by atoms with Gasteiger partial charge in [0.1, 0.15) is 5.75 Å². The molecule has 3 aromatic carbocycles. The maximum atomic E-state index is 14.1. The van der Waals surface area contributed by atoms with Crippen molar-refractivity contribution in [3.8, 4) is 17.2 Å². The summed E-state index contributed by atoms with van der Waals surface area (Å²) in [5, 5.41) is 3.11. The second kappa shape index (κ2) is 9.81. The number of nitrogens with one attached hydrogen (secondary N) is 1. The molecule has 0 bridgehead atoms. The van der Waals surface area contributed by atoms with Gasteiger partial charge in [-0.1, -0.05) is 49.6 Å². The first kappa shape index (κ1) is 23.4. The average Bonchev–Trinajstić information content (AvgIpc) is 3.41. The van der Waals surface area contributed by atoms with Crippen LogP contribution in [-0.2, 0) is 4.79 Å². The van der Waals surface area contributed by atoms with Gasteiger partial charge in [0.15, 0.2) is 11.5 Å². The minimum atomic E-state index is -0.588. The molecular formula is C30H30N2O5. The summed E-state index contributed by atoms with van der Waals surface area (Å²) < 4.78 is 16.3. The van der Waals surface area contributed by atoms with Crippen molar-refractivity contribution in [1.82, 2.24) is 4.90 Å². The van der Waals surface area contributed by atoms with Crippen LogP contribution in [0, 0.1) is 0 Å². The van der Waals surface area contributed by atoms with Gasteiger partial charge in [-0.15, -0.1) is 0 Å². The molecule has 2 atom stereocenters. The van der Waals surface area contributed by atoms with E-state index in [0.717, 1.165) is 42.6 Å². The molecule has 7 heteroatoms. The van der Waals surface area contributed by atoms with Crippen LogP contribution in [0.3, 0.4) is 0 Å². The lowest BCUT2D eigenvalue weighted by molar-refractivity contribution is -0.119. The van der Waals surface area contributed by atoms with Gasteiger partial charge in [0, 0.05) is 23.4 Å². The maximum Gasteiger partial charge on any atom is 0.254 e. The highest BCUT2D eigenvalue weighted by atomic mass is 16.7. The summed E-state index contributed by atoms with van der Waals surface area (Å²) in [7, 11) is 1.63. The molecule has 0 radical (unpaired) electrons. The molecule has 0 spiro atoms. The zero-order chi connectivity index (χ0) is 25.4. The van der Waals surface area contributed by atoms with Crippen LogP contribution in [0.1, 0.15) is 65.5 Å². The molecule has 190 valence electrons. The summed E-state index contributed by atoms with van der Waals surface area (Å²) in [4.78, 5) is 30.1. The van der Waals surface area contributed by atoms with Gasteiger partial charge in [-0.3, -0.25) is 9.59 Å². The number of nitrogens with zero attached hydrogens (tertiary/aromatic N) is 1. The molecular weight excluding hydrogens is 468 g/mol. The topological polar surface area (TPSA) is 77.1 Å². The molecule has 2 aliphatic heterocycles. The summed E-state index contributed by atoms with van der Waals surface area (Å²) >= 11 is 0. The number of carbonyl (C=O) groups is 2. The minimum Gasteiger partial charge on any atom is -0.497 e. The number of ether oxygens (including phenoxy) is 3. The smallest absolute Gasteiger partial charge is 0.254 e. The summed E-state index contributed by atoms with van der Waals surface area (Å²) in [6.45, 7) is 0.167. The van der Waals surface area contributed by atoms with E-state index >= 15 is 0 Å². The van der Waals surface area contributed by atoms with Crippen LogP contribution in [0.4, 0.5) is 5.69 Å². The third-order valence-corrected chi connectivity index (χ3v) is 7.72. The largest absolute Gasteiger partial charge is 0.497 e. The minimum absolute atomic E-state index is 0.00422. The number of rotatable bonds is 5. The average molecular weight is 499 g/mol. The number of anilines is 1. The molecule has 2 heterocycles. The van der Waals surface area contributed by atoms with Gasteiger partial charge >= 0.3 is 0 Å². The number of fused-ring (bicyclic) bond motifs is 2. The molecule has 1 N–H and O–H groups in total. The van der Waals surface area contributed by atoms with Crippen molar-refractivity contribution >= 4 is 17.5 Å². The van der Waals surface area contributed by atoms with Crippen molar-refractivity contribution in [2.75, 3.05) is 19.2 Å². The highest BCUT2D eigenvalue weighted by Crippen LogP contribution is 2.46. The predicted octanol–water partition coefficient (Wildman–Crippen LogP) is 5.68. The van der Waals surface area contributed by atoms with Gasteiger partial charge in [0.25, 0.3) is 5.91 Å². The number of methoxy groups -OCH3 is 1. The van der Waals surface area contributed by atoms with Crippen molar-refractivity contribution in [2.24, 2.45) is 0 Å². The van der Waals surface area contributed by atoms with E-state index in [1.54, 1.807) is 19.2 Å². The van der Waals surface area contributed by atoms with Crippen LogP contribution in [0.2, 0.25) is 0 Å². The Morgan fingerprint density at radius 2 is 1.70 bits per heavy atom. The fraction of sp³-hybridized carbons (Fsp3) is 0.333. The molecule has 37 heavy (non-hydrogen) atoms. The molecule has 0 saturated heterocycles. The van der Waals surface area contributed by atoms with Gasteiger partial charge < -0.3 is 24.4 Å². The van der Waals surface area contributed by atoms with Crippen LogP contribution < -0.4 is 19.5 Å². The van der Waals surface area contributed by atoms with E-state index in [0.29, 0.717) is 22.7 Å². The number of hydrogen-bond acceptors (Lipinski definition) is 5. The Hall–Kier alpha value is -4.00. The maximum absolute atomic E-state index is 14.1. The van der Waals surface area contributed by atoms with E-state index in [1.165, 1.54) is 6.42 Å². The lowest BCUT2D eigenvalue weighted by atomic mass is 9.77. The van der Waals surface area contributed by atoms with Crippen molar-refractivity contribution < 1.29 is 23.8 Å². The van der Waals surface area contributed by atoms with E-state index in [-0.39, 0.29) is 24.6 Å². The lowest BCUT2D eigenvalue weighted by Crippen LogP contribution is -2.51. The molecule has 7 nitrogen and oxygen atoms in total. The Balaban J connectivity index is 1.45. The van der Waals surface area contributed by atoms with E-state index in [2.05, 4.69) is 5.32 Å². The fourth-order valence-electron chi connectivity index (χ4n) is 5.94. The lowest BCUT2D eigenvalue weighted by Gasteiger charge is -2.46. The van der Waals surface area contributed by atoms with Crippen molar-refractivity contribution in [2.45, 2.75) is 50.1 Å². The highest BCUT2D eigenvalue weighted by molar-refractivity contribution is 6.04. The quantitative estimate of drug-likeness (QED) is 0.490. The SMILES string of the molecule is COc1ccc(C2C(C(=O)Nc3ccc4c(c3)OCO4)c3ccccc3C(=O)N2C2CCCCC2)cc1.